The van der Waals surface area contributed by atoms with Gasteiger partial charge in [0.15, 0.2) is 10.0 Å². The molecule has 1 fully saturated rings. The molecule has 1 saturated carbocycles. The second-order valence-electron chi connectivity index (χ2n) is 5.21. The van der Waals surface area contributed by atoms with Crippen LogP contribution in [0.25, 0.3) is 0 Å². The lowest BCUT2D eigenvalue weighted by Crippen LogP contribution is -2.16. The van der Waals surface area contributed by atoms with Crippen molar-refractivity contribution in [2.24, 2.45) is 17.8 Å². The monoisotopic (exact) mass is 343 g/mol. The molecule has 3 nitrogen and oxygen atoms in total. The third kappa shape index (κ3) is 3.94. The van der Waals surface area contributed by atoms with Crippen molar-refractivity contribution in [2.75, 3.05) is 12.9 Å². The first-order chi connectivity index (χ1) is 10.1. The van der Waals surface area contributed by atoms with E-state index >= 15 is 0 Å². The normalized spacial score (nSPS) is 28.3. The maximum atomic E-state index is 11.3. The molecule has 1 aliphatic carbocycles. The van der Waals surface area contributed by atoms with Crippen LogP contribution in [0.1, 0.15) is 30.3 Å². The van der Waals surface area contributed by atoms with E-state index in [-0.39, 0.29) is 11.3 Å². The number of hydrogen-bond acceptors (Lipinski definition) is 5. The largest absolute Gasteiger partial charge is 0.464 e. The van der Waals surface area contributed by atoms with Crippen molar-refractivity contribution in [1.82, 2.24) is 4.98 Å². The Kier molecular flexibility index (Phi) is 5.98. The number of aromatic nitrogens is 1. The Morgan fingerprint density at radius 2 is 2.48 bits per heavy atom. The summed E-state index contributed by atoms with van der Waals surface area (Å²) < 4.78 is 5.53. The summed E-state index contributed by atoms with van der Waals surface area (Å²) in [5, 5.41) is 1.89. The van der Waals surface area contributed by atoms with Gasteiger partial charge in [0, 0.05) is 22.4 Å². The number of ether oxygens (including phenoxy) is 1. The minimum absolute atomic E-state index is 0.170. The van der Waals surface area contributed by atoms with Gasteiger partial charge in [-0.1, -0.05) is 18.7 Å². The van der Waals surface area contributed by atoms with Crippen LogP contribution in [-0.2, 0) is 4.74 Å². The topological polar surface area (TPSA) is 39.2 Å². The third-order valence-electron chi connectivity index (χ3n) is 3.88. The zero-order chi connectivity index (χ0) is 15.4. The number of esters is 1. The van der Waals surface area contributed by atoms with E-state index < -0.39 is 5.97 Å². The molecule has 0 bridgehead atoms. The highest BCUT2D eigenvalue weighted by molar-refractivity contribution is 8.01. The van der Waals surface area contributed by atoms with Crippen molar-refractivity contribution >= 4 is 40.7 Å². The first kappa shape index (κ1) is 16.7. The van der Waals surface area contributed by atoms with Crippen LogP contribution in [-0.4, -0.2) is 29.2 Å². The Hall–Kier alpha value is -0.700. The molecule has 6 heteroatoms. The quantitative estimate of drug-likeness (QED) is 0.351. The van der Waals surface area contributed by atoms with Crippen LogP contribution in [0.5, 0.6) is 0 Å². The molecule has 0 saturated heterocycles. The van der Waals surface area contributed by atoms with Crippen molar-refractivity contribution in [3.05, 3.63) is 11.1 Å². The number of halogens is 1. The van der Waals surface area contributed by atoms with Gasteiger partial charge in [0.05, 0.1) is 7.11 Å². The lowest BCUT2D eigenvalue weighted by Gasteiger charge is -2.18. The molecule has 1 aromatic rings. The predicted octanol–water partition coefficient (Wildman–Crippen LogP) is 3.92. The number of rotatable bonds is 5. The summed E-state index contributed by atoms with van der Waals surface area (Å²) in [4.78, 5) is 15.6. The van der Waals surface area contributed by atoms with E-state index in [1.165, 1.54) is 18.4 Å². The van der Waals surface area contributed by atoms with Crippen LogP contribution in [0.15, 0.2) is 9.72 Å². The van der Waals surface area contributed by atoms with E-state index in [9.17, 15) is 4.79 Å². The standard InChI is InChI=1S/C15H18ClNO2S2/c1-4-10-9(2)7-12(16)11(10)5-6-20-15-17-13(8-21-15)14(18)19-3/h1,8-12H,5-7H2,2-3H3/t9-,10+,11-,12-/m1/s1. The van der Waals surface area contributed by atoms with Crippen LogP contribution in [0.2, 0.25) is 0 Å². The third-order valence-corrected chi connectivity index (χ3v) is 6.44. The highest BCUT2D eigenvalue weighted by Gasteiger charge is 2.38. The summed E-state index contributed by atoms with van der Waals surface area (Å²) in [6, 6.07) is 0. The van der Waals surface area contributed by atoms with Gasteiger partial charge in [0.25, 0.3) is 0 Å². The molecule has 0 N–H and O–H groups in total. The van der Waals surface area contributed by atoms with Gasteiger partial charge in [0.2, 0.25) is 0 Å². The fourth-order valence-electron chi connectivity index (χ4n) is 2.78. The van der Waals surface area contributed by atoms with Crippen LogP contribution in [0.3, 0.4) is 0 Å². The molecule has 0 radical (unpaired) electrons. The molecular weight excluding hydrogens is 326 g/mol. The number of methoxy groups -OCH3 is 1. The summed E-state index contributed by atoms with van der Waals surface area (Å²) in [6.07, 6.45) is 7.61. The molecule has 0 amide bonds. The summed E-state index contributed by atoms with van der Waals surface area (Å²) >= 11 is 9.52. The second-order valence-corrected chi connectivity index (χ2v) is 7.97. The fraction of sp³-hybridized carbons (Fsp3) is 0.600. The predicted molar refractivity (Wildman–Crippen MR) is 88.0 cm³/mol. The smallest absolute Gasteiger partial charge is 0.357 e. The molecule has 0 spiro atoms. The number of thiazole rings is 1. The number of hydrogen-bond donors (Lipinski definition) is 0. The van der Waals surface area contributed by atoms with Gasteiger partial charge in [-0.25, -0.2) is 9.78 Å². The van der Waals surface area contributed by atoms with Crippen LogP contribution >= 0.6 is 34.7 Å². The van der Waals surface area contributed by atoms with Gasteiger partial charge >= 0.3 is 5.97 Å². The van der Waals surface area contributed by atoms with Gasteiger partial charge in [0.1, 0.15) is 0 Å². The summed E-state index contributed by atoms with van der Waals surface area (Å²) in [5.74, 6) is 4.56. The van der Waals surface area contributed by atoms with Crippen LogP contribution in [0, 0.1) is 30.1 Å². The van der Waals surface area contributed by atoms with Crippen LogP contribution < -0.4 is 0 Å². The van der Waals surface area contributed by atoms with Crippen molar-refractivity contribution < 1.29 is 9.53 Å². The van der Waals surface area contributed by atoms with E-state index in [2.05, 4.69) is 22.6 Å². The second kappa shape index (κ2) is 7.53. The molecule has 0 aliphatic heterocycles. The molecule has 4 atom stereocenters. The summed E-state index contributed by atoms with van der Waals surface area (Å²) in [6.45, 7) is 2.18. The zero-order valence-corrected chi connectivity index (χ0v) is 14.4. The first-order valence-electron chi connectivity index (χ1n) is 6.83. The van der Waals surface area contributed by atoms with E-state index in [0.29, 0.717) is 17.5 Å². The van der Waals surface area contributed by atoms with E-state index in [4.69, 9.17) is 18.0 Å². The van der Waals surface area contributed by atoms with E-state index in [0.717, 1.165) is 22.9 Å². The molecule has 0 aromatic carbocycles. The average molecular weight is 344 g/mol. The minimum atomic E-state index is -0.393. The fourth-order valence-corrected chi connectivity index (χ4v) is 5.25. The highest BCUT2D eigenvalue weighted by Crippen LogP contribution is 2.42. The number of alkyl halides is 1. The lowest BCUT2D eigenvalue weighted by atomic mass is 9.89. The minimum Gasteiger partial charge on any atom is -0.464 e. The lowest BCUT2D eigenvalue weighted by molar-refractivity contribution is 0.0594. The summed E-state index contributed by atoms with van der Waals surface area (Å²) in [7, 11) is 1.36. The number of terminal acetylenes is 1. The number of carbonyl (C=O) groups is 1. The molecule has 1 heterocycles. The Balaban J connectivity index is 1.85. The van der Waals surface area contributed by atoms with Crippen LogP contribution in [0.4, 0.5) is 0 Å². The molecule has 21 heavy (non-hydrogen) atoms. The number of carbonyl (C=O) groups excluding carboxylic acids is 1. The molecule has 1 aliphatic rings. The number of thioether (sulfide) groups is 1. The number of nitrogens with zero attached hydrogens (tertiary/aromatic N) is 1. The maximum Gasteiger partial charge on any atom is 0.357 e. The van der Waals surface area contributed by atoms with Crippen molar-refractivity contribution in [3.8, 4) is 12.3 Å². The SMILES string of the molecule is C#C[C@@H]1[C@@H](CCSc2nc(C(=O)OC)cs2)[C@H](Cl)C[C@H]1C. The van der Waals surface area contributed by atoms with E-state index in [1.54, 1.807) is 17.1 Å². The Bertz CT molecular complexity index is 540. The molecule has 2 rings (SSSR count). The Morgan fingerprint density at radius 1 is 1.71 bits per heavy atom. The van der Waals surface area contributed by atoms with Crippen molar-refractivity contribution in [1.29, 1.82) is 0 Å². The Morgan fingerprint density at radius 3 is 3.14 bits per heavy atom. The molecule has 114 valence electrons. The molecule has 0 unspecified atom stereocenters. The van der Waals surface area contributed by atoms with Gasteiger partial charge in [-0.2, -0.15) is 0 Å². The molecular formula is C15H18ClNO2S2. The van der Waals surface area contributed by atoms with Gasteiger partial charge in [-0.15, -0.1) is 35.3 Å². The van der Waals surface area contributed by atoms with Gasteiger partial charge in [-0.05, 0) is 24.7 Å². The maximum absolute atomic E-state index is 11.3. The average Bonchev–Trinajstić information content (AvgIpc) is 3.03. The molecule has 1 aromatic heterocycles. The summed E-state index contributed by atoms with van der Waals surface area (Å²) in [5.41, 5.74) is 0.371. The van der Waals surface area contributed by atoms with Gasteiger partial charge in [-0.3, -0.25) is 0 Å². The van der Waals surface area contributed by atoms with E-state index in [1.807, 2.05) is 0 Å². The van der Waals surface area contributed by atoms with Gasteiger partial charge < -0.3 is 4.74 Å². The van der Waals surface area contributed by atoms with Crippen molar-refractivity contribution in [3.63, 3.8) is 0 Å². The zero-order valence-electron chi connectivity index (χ0n) is 12.0. The Labute approximate surface area is 138 Å². The first-order valence-corrected chi connectivity index (χ1v) is 9.13. The van der Waals surface area contributed by atoms with Crippen molar-refractivity contribution in [2.45, 2.75) is 29.5 Å². The highest BCUT2D eigenvalue weighted by atomic mass is 35.5.